The van der Waals surface area contributed by atoms with Crippen molar-refractivity contribution in [1.29, 1.82) is 0 Å². The Morgan fingerprint density at radius 1 is 1.47 bits per heavy atom. The highest BCUT2D eigenvalue weighted by atomic mass is 127. The Hall–Kier alpha value is -1.08. The summed E-state index contributed by atoms with van der Waals surface area (Å²) < 4.78 is -0.215. The highest BCUT2D eigenvalue weighted by Crippen LogP contribution is 2.40. The molecule has 0 saturated heterocycles. The molecule has 2 N–H and O–H groups in total. The summed E-state index contributed by atoms with van der Waals surface area (Å²) in [5.41, 5.74) is 6.17. The topological polar surface area (TPSA) is 49.9 Å². The van der Waals surface area contributed by atoms with E-state index in [0.29, 0.717) is 0 Å². The van der Waals surface area contributed by atoms with E-state index < -0.39 is 0 Å². The first-order chi connectivity index (χ1) is 8.08. The first-order valence-electron chi connectivity index (χ1n) is 5.36. The number of nitrogens with one attached hydrogen (secondary N) is 2. The average Bonchev–Trinajstić information content (AvgIpc) is 2.82. The van der Waals surface area contributed by atoms with Crippen LogP contribution >= 0.6 is 22.6 Å². The van der Waals surface area contributed by atoms with Gasteiger partial charge in [-0.05, 0) is 26.0 Å². The molecule has 0 fully saturated rings. The third-order valence-electron chi connectivity index (χ3n) is 2.91. The van der Waals surface area contributed by atoms with Gasteiger partial charge in [0, 0.05) is 28.9 Å². The third-order valence-corrected chi connectivity index (χ3v) is 3.67. The van der Waals surface area contributed by atoms with Crippen LogP contribution in [-0.4, -0.2) is 13.5 Å². The zero-order chi connectivity index (χ0) is 12.0. The maximum absolute atomic E-state index is 5.42. The quantitative estimate of drug-likeness (QED) is 0.476. The molecule has 0 saturated carbocycles. The van der Waals surface area contributed by atoms with Crippen molar-refractivity contribution in [2.45, 2.75) is 17.4 Å². The van der Waals surface area contributed by atoms with E-state index >= 15 is 0 Å². The van der Waals surface area contributed by atoms with E-state index in [9.17, 15) is 0 Å². The number of rotatable bonds is 1. The molecule has 5 heteroatoms. The van der Waals surface area contributed by atoms with Crippen LogP contribution in [0.15, 0.2) is 30.3 Å². The van der Waals surface area contributed by atoms with Gasteiger partial charge in [-0.15, -0.1) is 5.48 Å². The summed E-state index contributed by atoms with van der Waals surface area (Å²) in [6, 6.07) is 4.15. The van der Waals surface area contributed by atoms with Gasteiger partial charge in [-0.3, -0.25) is 0 Å². The number of hydroxylamine groups is 1. The molecule has 0 aliphatic carbocycles. The van der Waals surface area contributed by atoms with Crippen molar-refractivity contribution in [3.8, 4) is 0 Å². The summed E-state index contributed by atoms with van der Waals surface area (Å²) in [4.78, 5) is 12.9. The van der Waals surface area contributed by atoms with Gasteiger partial charge in [0.05, 0.1) is 0 Å². The number of aromatic amines is 1. The number of H-pyrrole nitrogens is 1. The van der Waals surface area contributed by atoms with Crippen LogP contribution < -0.4 is 5.48 Å². The van der Waals surface area contributed by atoms with Crippen LogP contribution in [0.1, 0.15) is 19.4 Å². The summed E-state index contributed by atoms with van der Waals surface area (Å²) >= 11 is 2.34. The minimum atomic E-state index is -0.215. The van der Waals surface area contributed by atoms with E-state index in [1.807, 2.05) is 25.4 Å². The summed E-state index contributed by atoms with van der Waals surface area (Å²) in [6.07, 6.45) is 3.78. The molecule has 0 aromatic carbocycles. The molecule has 0 radical (unpaired) electrons. The Morgan fingerprint density at radius 3 is 3.00 bits per heavy atom. The van der Waals surface area contributed by atoms with Crippen LogP contribution in [0, 0.1) is 0 Å². The van der Waals surface area contributed by atoms with Crippen LogP contribution in [0.5, 0.6) is 0 Å². The lowest BCUT2D eigenvalue weighted by molar-refractivity contribution is 0.118. The molecule has 2 aromatic heterocycles. The van der Waals surface area contributed by atoms with E-state index in [-0.39, 0.29) is 3.55 Å². The summed E-state index contributed by atoms with van der Waals surface area (Å²) in [5, 5.41) is 1.11. The van der Waals surface area contributed by atoms with Gasteiger partial charge in [0.15, 0.2) is 0 Å². The molecule has 1 aliphatic heterocycles. The molecule has 0 amide bonds. The van der Waals surface area contributed by atoms with Crippen molar-refractivity contribution >= 4 is 39.2 Å². The Bertz CT molecular complexity index is 615. The molecule has 1 aliphatic rings. The smallest absolute Gasteiger partial charge is 0.137 e. The van der Waals surface area contributed by atoms with E-state index in [1.165, 1.54) is 0 Å². The number of hydrogen-bond acceptors (Lipinski definition) is 3. The van der Waals surface area contributed by atoms with Crippen molar-refractivity contribution < 1.29 is 4.84 Å². The number of fused-ring (bicyclic) bond motifs is 1. The number of hydrogen-bond donors (Lipinski definition) is 2. The normalized spacial score (nSPS) is 24.4. The summed E-state index contributed by atoms with van der Waals surface area (Å²) in [6.45, 7) is 4.05. The van der Waals surface area contributed by atoms with Gasteiger partial charge in [0.2, 0.25) is 0 Å². The fraction of sp³-hybridized carbons (Fsp3) is 0.250. The van der Waals surface area contributed by atoms with E-state index in [1.54, 1.807) is 0 Å². The van der Waals surface area contributed by atoms with Gasteiger partial charge in [0.1, 0.15) is 15.0 Å². The lowest BCUT2D eigenvalue weighted by Crippen LogP contribution is -2.30. The molecule has 88 valence electrons. The molecular weight excluding hydrogens is 329 g/mol. The van der Waals surface area contributed by atoms with Crippen LogP contribution in [0.2, 0.25) is 0 Å². The maximum atomic E-state index is 5.42. The van der Waals surface area contributed by atoms with Gasteiger partial charge in [-0.1, -0.05) is 22.6 Å². The van der Waals surface area contributed by atoms with Crippen LogP contribution in [-0.2, 0) is 4.84 Å². The molecule has 3 rings (SSSR count). The lowest BCUT2D eigenvalue weighted by atomic mass is 10.0. The zero-order valence-corrected chi connectivity index (χ0v) is 11.7. The zero-order valence-electron chi connectivity index (χ0n) is 9.54. The van der Waals surface area contributed by atoms with Crippen LogP contribution in [0.3, 0.4) is 0 Å². The largest absolute Gasteiger partial charge is 0.411 e. The van der Waals surface area contributed by atoms with Crippen molar-refractivity contribution in [2.24, 2.45) is 0 Å². The Morgan fingerprint density at radius 2 is 2.29 bits per heavy atom. The Balaban J connectivity index is 2.18. The van der Waals surface area contributed by atoms with Crippen molar-refractivity contribution in [2.75, 3.05) is 0 Å². The molecule has 2 aromatic rings. The SMILES string of the molecule is CC1=C(c2cnc3[nH]ccc3c2)C(C)(I)NO1. The summed E-state index contributed by atoms with van der Waals surface area (Å²) in [7, 11) is 0. The minimum absolute atomic E-state index is 0.215. The molecule has 0 bridgehead atoms. The van der Waals surface area contributed by atoms with Gasteiger partial charge in [0.25, 0.3) is 0 Å². The van der Waals surface area contributed by atoms with Gasteiger partial charge < -0.3 is 9.82 Å². The average molecular weight is 341 g/mol. The Labute approximate surface area is 113 Å². The first kappa shape index (κ1) is 11.0. The number of aromatic nitrogens is 2. The molecule has 1 atom stereocenters. The molecule has 3 heterocycles. The predicted octanol–water partition coefficient (Wildman–Crippen LogP) is 2.98. The predicted molar refractivity (Wildman–Crippen MR) is 75.3 cm³/mol. The van der Waals surface area contributed by atoms with Gasteiger partial charge in [-0.25, -0.2) is 4.98 Å². The molecule has 17 heavy (non-hydrogen) atoms. The van der Waals surface area contributed by atoms with Gasteiger partial charge >= 0.3 is 0 Å². The second-order valence-electron chi connectivity index (χ2n) is 4.28. The standard InChI is InChI=1S/C12H12IN3O/c1-7-10(12(2,13)16-17-7)9-5-8-3-4-14-11(8)15-6-9/h3-6,16H,1-2H3,(H,14,15). The highest BCUT2D eigenvalue weighted by molar-refractivity contribution is 14.1. The van der Waals surface area contributed by atoms with Crippen molar-refractivity contribution in [1.82, 2.24) is 15.4 Å². The van der Waals surface area contributed by atoms with Gasteiger partial charge in [-0.2, -0.15) is 0 Å². The lowest BCUT2D eigenvalue weighted by Gasteiger charge is -2.17. The fourth-order valence-corrected chi connectivity index (χ4v) is 2.96. The number of alkyl halides is 1. The maximum Gasteiger partial charge on any atom is 0.137 e. The Kier molecular flexibility index (Phi) is 2.41. The van der Waals surface area contributed by atoms with E-state index in [2.05, 4.69) is 51.0 Å². The first-order valence-corrected chi connectivity index (χ1v) is 6.43. The molecule has 1 unspecified atom stereocenters. The van der Waals surface area contributed by atoms with Crippen molar-refractivity contribution in [3.05, 3.63) is 35.8 Å². The number of nitrogens with zero attached hydrogens (tertiary/aromatic N) is 1. The van der Waals surface area contributed by atoms with Crippen molar-refractivity contribution in [3.63, 3.8) is 0 Å². The third kappa shape index (κ3) is 1.73. The van der Waals surface area contributed by atoms with Crippen LogP contribution in [0.4, 0.5) is 0 Å². The molecule has 0 spiro atoms. The van der Waals surface area contributed by atoms with E-state index in [4.69, 9.17) is 4.84 Å². The minimum Gasteiger partial charge on any atom is -0.411 e. The number of pyridine rings is 1. The van der Waals surface area contributed by atoms with E-state index in [0.717, 1.165) is 27.9 Å². The number of allylic oxidation sites excluding steroid dienone is 1. The second kappa shape index (κ2) is 3.71. The van der Waals surface area contributed by atoms with Crippen LogP contribution in [0.25, 0.3) is 16.6 Å². The highest BCUT2D eigenvalue weighted by Gasteiger charge is 2.35. The monoisotopic (exact) mass is 341 g/mol. The second-order valence-corrected chi connectivity index (χ2v) is 6.44. The fourth-order valence-electron chi connectivity index (χ4n) is 2.16. The number of halogens is 1. The molecular formula is C12H12IN3O. The molecule has 4 nitrogen and oxygen atoms in total. The summed E-state index contributed by atoms with van der Waals surface area (Å²) in [5.74, 6) is 0.901.